The highest BCUT2D eigenvalue weighted by Crippen LogP contribution is 1.94. The topological polar surface area (TPSA) is 43.6 Å². The number of aromatic nitrogens is 4. The van der Waals surface area contributed by atoms with E-state index in [4.69, 9.17) is 0 Å². The summed E-state index contributed by atoms with van der Waals surface area (Å²) in [6.07, 6.45) is 1.75. The molecule has 0 unspecified atom stereocenters. The molecule has 0 aliphatic rings. The summed E-state index contributed by atoms with van der Waals surface area (Å²) in [7, 11) is 0. The van der Waals surface area contributed by atoms with Gasteiger partial charge in [-0.2, -0.15) is 0 Å². The molecule has 4 nitrogen and oxygen atoms in total. The molecular formula is C4H5IN4. The third-order valence-electron chi connectivity index (χ3n) is 0.790. The van der Waals surface area contributed by atoms with Crippen LogP contribution in [0.5, 0.6) is 0 Å². The van der Waals surface area contributed by atoms with Crippen LogP contribution in [0.15, 0.2) is 12.7 Å². The molecule has 0 radical (unpaired) electrons. The fraction of sp³-hybridized carbons (Fsp3) is 0.250. The van der Waals surface area contributed by atoms with Crippen molar-refractivity contribution >= 4 is 22.6 Å². The fourth-order valence-corrected chi connectivity index (χ4v) is 0.818. The average Bonchev–Trinajstić information content (AvgIpc) is 2.18. The molecule has 0 saturated heterocycles. The molecule has 0 saturated carbocycles. The first-order valence-electron chi connectivity index (χ1n) is 2.37. The summed E-state index contributed by atoms with van der Waals surface area (Å²) < 4.78 is 2.45. The maximum Gasteiger partial charge on any atom is 0.212 e. The van der Waals surface area contributed by atoms with Crippen LogP contribution in [0.4, 0.5) is 0 Å². The Morgan fingerprint density at radius 2 is 2.56 bits per heavy atom. The molecule has 0 aromatic carbocycles. The lowest BCUT2D eigenvalue weighted by atomic mass is 10.6. The number of hydrogen-bond donors (Lipinski definition) is 0. The van der Waals surface area contributed by atoms with Gasteiger partial charge in [-0.25, -0.2) is 4.68 Å². The van der Waals surface area contributed by atoms with Crippen LogP contribution in [0.3, 0.4) is 0 Å². The van der Waals surface area contributed by atoms with E-state index in [1.165, 1.54) is 0 Å². The predicted octanol–water partition coefficient (Wildman–Crippen LogP) is 0.464. The molecule has 0 aliphatic heterocycles. The van der Waals surface area contributed by atoms with Crippen molar-refractivity contribution in [1.82, 2.24) is 20.2 Å². The summed E-state index contributed by atoms with van der Waals surface area (Å²) in [5, 5.41) is 10.8. The van der Waals surface area contributed by atoms with E-state index in [-0.39, 0.29) is 0 Å². The summed E-state index contributed by atoms with van der Waals surface area (Å²) >= 11 is 2.06. The van der Waals surface area contributed by atoms with Gasteiger partial charge in [-0.3, -0.25) is 0 Å². The van der Waals surface area contributed by atoms with Crippen LogP contribution in [0.25, 0.3) is 0 Å². The van der Waals surface area contributed by atoms with E-state index < -0.39 is 0 Å². The molecule has 1 heterocycles. The van der Waals surface area contributed by atoms with E-state index in [2.05, 4.69) is 44.7 Å². The van der Waals surface area contributed by atoms with E-state index in [1.54, 1.807) is 10.8 Å². The van der Waals surface area contributed by atoms with Crippen LogP contribution in [0, 0.1) is 3.83 Å². The van der Waals surface area contributed by atoms with Gasteiger partial charge in [0.25, 0.3) is 0 Å². The molecular weight excluding hydrogens is 231 g/mol. The van der Waals surface area contributed by atoms with Crippen LogP contribution in [0.1, 0.15) is 0 Å². The molecule has 0 bridgehead atoms. The maximum atomic E-state index is 3.68. The Morgan fingerprint density at radius 3 is 3.00 bits per heavy atom. The first kappa shape index (κ1) is 6.66. The van der Waals surface area contributed by atoms with Gasteiger partial charge in [0.1, 0.15) is 0 Å². The van der Waals surface area contributed by atoms with Gasteiger partial charge in [-0.05, 0) is 10.4 Å². The highest BCUT2D eigenvalue weighted by Gasteiger charge is 1.95. The summed E-state index contributed by atoms with van der Waals surface area (Å²) in [5.74, 6) is 0. The molecule has 0 atom stereocenters. The van der Waals surface area contributed by atoms with Crippen molar-refractivity contribution in [1.29, 1.82) is 0 Å². The second-order valence-electron chi connectivity index (χ2n) is 1.42. The SMILES string of the molecule is C=CCn1nnnc1I. The van der Waals surface area contributed by atoms with Gasteiger partial charge in [-0.15, -0.1) is 11.7 Å². The number of tetrazole rings is 1. The van der Waals surface area contributed by atoms with Crippen molar-refractivity contribution in [2.75, 3.05) is 0 Å². The van der Waals surface area contributed by atoms with E-state index in [0.29, 0.717) is 6.54 Å². The Balaban J connectivity index is 2.80. The van der Waals surface area contributed by atoms with Crippen LogP contribution in [-0.4, -0.2) is 20.2 Å². The molecule has 5 heteroatoms. The van der Waals surface area contributed by atoms with Crippen LogP contribution < -0.4 is 0 Å². The van der Waals surface area contributed by atoms with Gasteiger partial charge >= 0.3 is 0 Å². The van der Waals surface area contributed by atoms with E-state index in [1.807, 2.05) is 0 Å². The van der Waals surface area contributed by atoms with Gasteiger partial charge < -0.3 is 0 Å². The van der Waals surface area contributed by atoms with Crippen LogP contribution in [-0.2, 0) is 6.54 Å². The molecule has 0 spiro atoms. The van der Waals surface area contributed by atoms with Crippen molar-refractivity contribution < 1.29 is 0 Å². The van der Waals surface area contributed by atoms with Crippen molar-refractivity contribution in [2.24, 2.45) is 0 Å². The molecule has 48 valence electrons. The van der Waals surface area contributed by atoms with E-state index in [9.17, 15) is 0 Å². The average molecular weight is 236 g/mol. The van der Waals surface area contributed by atoms with E-state index >= 15 is 0 Å². The molecule has 0 fully saturated rings. The third-order valence-corrected chi connectivity index (χ3v) is 1.56. The van der Waals surface area contributed by atoms with Gasteiger partial charge in [0.05, 0.1) is 6.54 Å². The molecule has 1 rings (SSSR count). The Kier molecular flexibility index (Phi) is 2.15. The van der Waals surface area contributed by atoms with Crippen molar-refractivity contribution in [3.63, 3.8) is 0 Å². The highest BCUT2D eigenvalue weighted by molar-refractivity contribution is 14.1. The minimum absolute atomic E-state index is 0.672. The third kappa shape index (κ3) is 1.47. The number of allylic oxidation sites excluding steroid dienone is 1. The summed E-state index contributed by atoms with van der Waals surface area (Å²) in [4.78, 5) is 0. The lowest BCUT2D eigenvalue weighted by Gasteiger charge is -1.90. The second kappa shape index (κ2) is 2.90. The monoisotopic (exact) mass is 236 g/mol. The molecule has 0 N–H and O–H groups in total. The Labute approximate surface area is 66.1 Å². The molecule has 1 aromatic rings. The molecule has 0 aliphatic carbocycles. The Hall–Kier alpha value is -0.460. The first-order valence-corrected chi connectivity index (χ1v) is 3.45. The van der Waals surface area contributed by atoms with Crippen LogP contribution in [0.2, 0.25) is 0 Å². The van der Waals surface area contributed by atoms with Crippen molar-refractivity contribution in [3.05, 3.63) is 16.5 Å². The highest BCUT2D eigenvalue weighted by atomic mass is 127. The molecule has 0 amide bonds. The molecule has 9 heavy (non-hydrogen) atoms. The fourth-order valence-electron chi connectivity index (χ4n) is 0.428. The smallest absolute Gasteiger partial charge is 0.212 e. The number of nitrogens with zero attached hydrogens (tertiary/aromatic N) is 4. The maximum absolute atomic E-state index is 3.68. The summed E-state index contributed by atoms with van der Waals surface area (Å²) in [6, 6.07) is 0. The first-order chi connectivity index (χ1) is 4.34. The zero-order valence-electron chi connectivity index (χ0n) is 4.66. The summed E-state index contributed by atoms with van der Waals surface area (Å²) in [5.41, 5.74) is 0. The number of halogens is 1. The predicted molar refractivity (Wildman–Crippen MR) is 40.7 cm³/mol. The normalized spacial score (nSPS) is 9.44. The van der Waals surface area contributed by atoms with E-state index in [0.717, 1.165) is 3.83 Å². The van der Waals surface area contributed by atoms with Crippen molar-refractivity contribution in [2.45, 2.75) is 6.54 Å². The zero-order chi connectivity index (χ0) is 6.69. The summed E-state index contributed by atoms with van der Waals surface area (Å²) in [6.45, 7) is 4.23. The lowest BCUT2D eigenvalue weighted by molar-refractivity contribution is 0.648. The van der Waals surface area contributed by atoms with Gasteiger partial charge in [0.15, 0.2) is 0 Å². The van der Waals surface area contributed by atoms with Crippen molar-refractivity contribution in [3.8, 4) is 0 Å². The Bertz CT molecular complexity index is 206. The lowest BCUT2D eigenvalue weighted by Crippen LogP contribution is -1.99. The standard InChI is InChI=1S/C4H5IN4/c1-2-3-9-4(5)6-7-8-9/h2H,1,3H2. The minimum Gasteiger partial charge on any atom is -0.217 e. The Morgan fingerprint density at radius 1 is 1.78 bits per heavy atom. The van der Waals surface area contributed by atoms with Gasteiger partial charge in [0, 0.05) is 22.6 Å². The number of hydrogen-bond acceptors (Lipinski definition) is 3. The largest absolute Gasteiger partial charge is 0.217 e. The minimum atomic E-state index is 0.672. The zero-order valence-corrected chi connectivity index (χ0v) is 6.82. The second-order valence-corrected chi connectivity index (χ2v) is 2.38. The quantitative estimate of drug-likeness (QED) is 0.553. The van der Waals surface area contributed by atoms with Crippen LogP contribution >= 0.6 is 22.6 Å². The van der Waals surface area contributed by atoms with Gasteiger partial charge in [0.2, 0.25) is 3.83 Å². The number of rotatable bonds is 2. The molecule has 1 aromatic heterocycles. The van der Waals surface area contributed by atoms with Gasteiger partial charge in [-0.1, -0.05) is 6.08 Å².